The number of carbonyl (C=O) groups excluding carboxylic acids is 1. The predicted octanol–water partition coefficient (Wildman–Crippen LogP) is 4.87. The number of benzene rings is 2. The van der Waals surface area contributed by atoms with E-state index < -0.39 is 34.0 Å². The molecule has 7 nitrogen and oxygen atoms in total. The van der Waals surface area contributed by atoms with Crippen LogP contribution >= 0.6 is 0 Å². The van der Waals surface area contributed by atoms with Gasteiger partial charge < -0.3 is 9.97 Å². The fourth-order valence-electron chi connectivity index (χ4n) is 3.80. The SMILES string of the molecule is Cc1cccc(S(=O)Nc2ccc(F)c(C(=O)c3c[nH]c4ncc(-c5ccc(=O)[nH]c5)cc34)c2F)c1. The van der Waals surface area contributed by atoms with Crippen LogP contribution in [0.1, 0.15) is 21.5 Å². The second-order valence-corrected chi connectivity index (χ2v) is 9.28. The van der Waals surface area contributed by atoms with Crippen LogP contribution in [0.4, 0.5) is 14.5 Å². The van der Waals surface area contributed by atoms with E-state index >= 15 is 4.39 Å². The molecule has 0 fully saturated rings. The summed E-state index contributed by atoms with van der Waals surface area (Å²) in [7, 11) is -1.83. The van der Waals surface area contributed by atoms with Gasteiger partial charge in [-0.1, -0.05) is 12.1 Å². The van der Waals surface area contributed by atoms with E-state index in [1.807, 2.05) is 13.0 Å². The highest BCUT2D eigenvalue weighted by Gasteiger charge is 2.25. The third-order valence-electron chi connectivity index (χ3n) is 5.62. The van der Waals surface area contributed by atoms with Gasteiger partial charge in [-0.2, -0.15) is 0 Å². The number of ketones is 1. The van der Waals surface area contributed by atoms with Crippen molar-refractivity contribution < 1.29 is 17.8 Å². The first-order chi connectivity index (χ1) is 17.3. The molecule has 2 aromatic carbocycles. The molecule has 10 heteroatoms. The highest BCUT2D eigenvalue weighted by atomic mass is 32.2. The fourth-order valence-corrected chi connectivity index (χ4v) is 4.77. The second kappa shape index (κ2) is 9.31. The number of H-pyrrole nitrogens is 2. The summed E-state index contributed by atoms with van der Waals surface area (Å²) >= 11 is 0. The molecule has 36 heavy (non-hydrogen) atoms. The molecular weight excluding hydrogens is 486 g/mol. The van der Waals surface area contributed by atoms with Gasteiger partial charge in [-0.15, -0.1) is 0 Å². The summed E-state index contributed by atoms with van der Waals surface area (Å²) in [4.78, 5) is 34.8. The lowest BCUT2D eigenvalue weighted by Crippen LogP contribution is -2.12. The van der Waals surface area contributed by atoms with Crippen LogP contribution in [0.25, 0.3) is 22.2 Å². The zero-order valence-electron chi connectivity index (χ0n) is 18.8. The van der Waals surface area contributed by atoms with Crippen LogP contribution < -0.4 is 10.3 Å². The Balaban J connectivity index is 1.53. The monoisotopic (exact) mass is 504 g/mol. The number of nitrogens with zero attached hydrogens (tertiary/aromatic N) is 1. The van der Waals surface area contributed by atoms with Gasteiger partial charge in [0, 0.05) is 41.2 Å². The van der Waals surface area contributed by atoms with Crippen molar-refractivity contribution in [3.05, 3.63) is 112 Å². The third kappa shape index (κ3) is 4.34. The number of aromatic amines is 2. The number of hydrogen-bond donors (Lipinski definition) is 3. The molecule has 5 aromatic rings. The summed E-state index contributed by atoms with van der Waals surface area (Å²) in [5, 5.41) is 0.351. The van der Waals surface area contributed by atoms with Crippen molar-refractivity contribution in [1.82, 2.24) is 15.0 Å². The van der Waals surface area contributed by atoms with Crippen LogP contribution in [0.2, 0.25) is 0 Å². The number of pyridine rings is 2. The number of rotatable bonds is 6. The summed E-state index contributed by atoms with van der Waals surface area (Å²) in [5.74, 6) is -3.11. The van der Waals surface area contributed by atoms with Crippen molar-refractivity contribution >= 4 is 33.5 Å². The maximum atomic E-state index is 15.4. The van der Waals surface area contributed by atoms with Gasteiger partial charge in [-0.25, -0.2) is 18.0 Å². The summed E-state index contributed by atoms with van der Waals surface area (Å²) in [6.07, 6.45) is 4.38. The Kier molecular flexibility index (Phi) is 6.03. The molecule has 0 saturated heterocycles. The Morgan fingerprint density at radius 2 is 1.83 bits per heavy atom. The summed E-state index contributed by atoms with van der Waals surface area (Å²) in [6.45, 7) is 1.83. The number of halogens is 2. The quantitative estimate of drug-likeness (QED) is 0.287. The smallest absolute Gasteiger partial charge is 0.247 e. The van der Waals surface area contributed by atoms with Gasteiger partial charge in [0.05, 0.1) is 16.1 Å². The molecule has 1 atom stereocenters. The van der Waals surface area contributed by atoms with Crippen LogP contribution in [0.5, 0.6) is 0 Å². The Morgan fingerprint density at radius 1 is 1.00 bits per heavy atom. The molecule has 0 spiro atoms. The van der Waals surface area contributed by atoms with E-state index in [1.54, 1.807) is 36.5 Å². The Labute approximate surface area is 205 Å². The van der Waals surface area contributed by atoms with E-state index in [1.165, 1.54) is 18.5 Å². The van der Waals surface area contributed by atoms with E-state index in [2.05, 4.69) is 19.7 Å². The number of hydrogen-bond acceptors (Lipinski definition) is 4. The van der Waals surface area contributed by atoms with Crippen molar-refractivity contribution in [3.8, 4) is 11.1 Å². The molecule has 5 rings (SSSR count). The Morgan fingerprint density at radius 3 is 2.58 bits per heavy atom. The standard InChI is InChI=1S/C26H18F2N4O3S/c1-14-3-2-4-17(9-14)36(35)32-21-7-6-20(27)23(24(21)28)25(34)19-13-31-26-18(19)10-16(12-30-26)15-5-8-22(33)29-11-15/h2-13,32H,1H3,(H,29,33)(H,30,31). The highest BCUT2D eigenvalue weighted by molar-refractivity contribution is 7.86. The molecule has 0 bridgehead atoms. The maximum Gasteiger partial charge on any atom is 0.247 e. The Hall–Kier alpha value is -4.44. The predicted molar refractivity (Wildman–Crippen MR) is 133 cm³/mol. The minimum Gasteiger partial charge on any atom is -0.345 e. The maximum absolute atomic E-state index is 15.4. The van der Waals surface area contributed by atoms with Crippen molar-refractivity contribution in [2.24, 2.45) is 0 Å². The number of aryl methyl sites for hydroxylation is 1. The summed E-state index contributed by atoms with van der Waals surface area (Å²) < 4.78 is 45.4. The molecule has 3 heterocycles. The molecule has 0 amide bonds. The van der Waals surface area contributed by atoms with Crippen LogP contribution in [-0.4, -0.2) is 24.9 Å². The molecule has 0 aliphatic rings. The average Bonchev–Trinajstić information content (AvgIpc) is 3.29. The normalized spacial score (nSPS) is 12.0. The first-order valence-corrected chi connectivity index (χ1v) is 11.9. The number of fused-ring (bicyclic) bond motifs is 1. The number of aromatic nitrogens is 3. The lowest BCUT2D eigenvalue weighted by atomic mass is 10.00. The molecule has 1 unspecified atom stereocenters. The average molecular weight is 505 g/mol. The minimum atomic E-state index is -1.83. The highest BCUT2D eigenvalue weighted by Crippen LogP contribution is 2.29. The summed E-state index contributed by atoms with van der Waals surface area (Å²) in [6, 6.07) is 13.5. The van der Waals surface area contributed by atoms with Gasteiger partial charge in [-0.3, -0.25) is 14.3 Å². The minimum absolute atomic E-state index is 0.0125. The lowest BCUT2D eigenvalue weighted by molar-refractivity contribution is 0.103. The number of nitrogens with one attached hydrogen (secondary N) is 3. The van der Waals surface area contributed by atoms with E-state index in [-0.39, 0.29) is 16.8 Å². The first-order valence-electron chi connectivity index (χ1n) is 10.8. The van der Waals surface area contributed by atoms with Gasteiger partial charge in [0.15, 0.2) is 5.82 Å². The number of carbonyl (C=O) groups is 1. The molecule has 0 aliphatic carbocycles. The van der Waals surface area contributed by atoms with E-state index in [0.29, 0.717) is 27.1 Å². The van der Waals surface area contributed by atoms with Crippen molar-refractivity contribution in [2.75, 3.05) is 4.72 Å². The number of anilines is 1. The molecule has 0 radical (unpaired) electrons. The van der Waals surface area contributed by atoms with Gasteiger partial charge in [0.1, 0.15) is 22.5 Å². The molecule has 0 saturated carbocycles. The zero-order valence-corrected chi connectivity index (χ0v) is 19.6. The first kappa shape index (κ1) is 23.3. The molecule has 3 aromatic heterocycles. The van der Waals surface area contributed by atoms with Crippen molar-refractivity contribution in [2.45, 2.75) is 11.8 Å². The molecule has 0 aliphatic heterocycles. The second-order valence-electron chi connectivity index (χ2n) is 8.06. The fraction of sp³-hybridized carbons (Fsp3) is 0.0385. The van der Waals surface area contributed by atoms with Gasteiger partial charge in [0.2, 0.25) is 11.3 Å². The van der Waals surface area contributed by atoms with Gasteiger partial charge >= 0.3 is 0 Å². The van der Waals surface area contributed by atoms with Crippen LogP contribution in [0, 0.1) is 18.6 Å². The van der Waals surface area contributed by atoms with E-state index in [4.69, 9.17) is 0 Å². The van der Waals surface area contributed by atoms with Crippen LogP contribution in [0.3, 0.4) is 0 Å². The molecule has 3 N–H and O–H groups in total. The molecular formula is C26H18F2N4O3S. The van der Waals surface area contributed by atoms with E-state index in [9.17, 15) is 18.2 Å². The van der Waals surface area contributed by atoms with Crippen LogP contribution in [-0.2, 0) is 11.0 Å². The lowest BCUT2D eigenvalue weighted by Gasteiger charge is -2.11. The van der Waals surface area contributed by atoms with Crippen molar-refractivity contribution in [3.63, 3.8) is 0 Å². The Bertz CT molecular complexity index is 1710. The topological polar surface area (TPSA) is 108 Å². The van der Waals surface area contributed by atoms with E-state index in [0.717, 1.165) is 17.7 Å². The molecule has 180 valence electrons. The zero-order chi connectivity index (χ0) is 25.4. The van der Waals surface area contributed by atoms with Crippen LogP contribution in [0.15, 0.2) is 82.9 Å². The van der Waals surface area contributed by atoms with Gasteiger partial charge in [-0.05, 0) is 54.4 Å². The largest absolute Gasteiger partial charge is 0.345 e. The van der Waals surface area contributed by atoms with Gasteiger partial charge in [0.25, 0.3) is 0 Å². The third-order valence-corrected chi connectivity index (χ3v) is 6.71. The van der Waals surface area contributed by atoms with Crippen molar-refractivity contribution in [1.29, 1.82) is 0 Å². The summed E-state index contributed by atoms with van der Waals surface area (Å²) in [5.41, 5.74) is 1.15.